The molecule has 1 aromatic rings. The molecule has 6 rings (SSSR count). The third-order valence-electron chi connectivity index (χ3n) is 7.40. The minimum absolute atomic E-state index is 0.00299. The molecule has 4 nitrogen and oxygen atoms in total. The second-order valence-corrected chi connectivity index (χ2v) is 10.2. The van der Waals surface area contributed by atoms with Crippen molar-refractivity contribution in [1.82, 2.24) is 15.1 Å². The van der Waals surface area contributed by atoms with Crippen molar-refractivity contribution in [2.24, 2.45) is 23.7 Å². The van der Waals surface area contributed by atoms with E-state index in [2.05, 4.69) is 26.3 Å². The number of amides is 1. The molecule has 4 bridgehead atoms. The van der Waals surface area contributed by atoms with Gasteiger partial charge < -0.3 is 5.32 Å². The van der Waals surface area contributed by atoms with E-state index in [9.17, 15) is 18.0 Å². The number of nitrogens with one attached hydrogen (secondary N) is 1. The Balaban J connectivity index is 1.38. The maximum Gasteiger partial charge on any atom is 0.436 e. The number of hydrogen-bond donors (Lipinski definition) is 1. The highest BCUT2D eigenvalue weighted by Crippen LogP contribution is 2.54. The zero-order chi connectivity index (χ0) is 19.8. The van der Waals surface area contributed by atoms with Crippen LogP contribution in [0.1, 0.15) is 75.2 Å². The van der Waals surface area contributed by atoms with Crippen LogP contribution >= 0.6 is 15.9 Å². The SMILES string of the molecule is CC(C(=O)NC1C2CC3CC(C2)CC1C3)n1nc(C(F)(F)F)c(Br)c1C1CC1. The van der Waals surface area contributed by atoms with Gasteiger partial charge in [0.2, 0.25) is 5.91 Å². The normalized spacial score (nSPS) is 35.2. The minimum Gasteiger partial charge on any atom is -0.351 e. The Kier molecular flexibility index (Phi) is 4.38. The molecule has 28 heavy (non-hydrogen) atoms. The van der Waals surface area contributed by atoms with Crippen LogP contribution in [0.15, 0.2) is 4.47 Å². The van der Waals surface area contributed by atoms with Crippen molar-refractivity contribution in [2.45, 2.75) is 76.0 Å². The molecule has 0 aliphatic heterocycles. The first kappa shape index (κ1) is 18.9. The van der Waals surface area contributed by atoms with Gasteiger partial charge in [0.1, 0.15) is 6.04 Å². The summed E-state index contributed by atoms with van der Waals surface area (Å²) < 4.78 is 41.4. The highest BCUT2D eigenvalue weighted by molar-refractivity contribution is 9.10. The predicted octanol–water partition coefficient (Wildman–Crippen LogP) is 5.04. The third-order valence-corrected chi connectivity index (χ3v) is 8.18. The molecule has 8 heteroatoms. The molecule has 5 fully saturated rings. The monoisotopic (exact) mass is 459 g/mol. The van der Waals surface area contributed by atoms with E-state index in [0.717, 1.165) is 24.7 Å². The fraction of sp³-hybridized carbons (Fsp3) is 0.800. The van der Waals surface area contributed by atoms with Gasteiger partial charge in [-0.15, -0.1) is 0 Å². The zero-order valence-corrected chi connectivity index (χ0v) is 17.4. The Hall–Kier alpha value is -1.05. The summed E-state index contributed by atoms with van der Waals surface area (Å²) in [6.07, 6.45) is 3.23. The van der Waals surface area contributed by atoms with Crippen molar-refractivity contribution in [3.63, 3.8) is 0 Å². The number of alkyl halides is 3. The summed E-state index contributed by atoms with van der Waals surface area (Å²) in [6, 6.07) is -0.576. The molecule has 1 N–H and O–H groups in total. The van der Waals surface area contributed by atoms with Crippen LogP contribution in [0, 0.1) is 23.7 Å². The van der Waals surface area contributed by atoms with Gasteiger partial charge in [-0.3, -0.25) is 9.48 Å². The molecule has 0 aromatic carbocycles. The average molecular weight is 460 g/mol. The van der Waals surface area contributed by atoms with Crippen LogP contribution in [0.3, 0.4) is 0 Å². The van der Waals surface area contributed by atoms with Crippen LogP contribution in [-0.4, -0.2) is 21.7 Å². The highest BCUT2D eigenvalue weighted by Gasteiger charge is 2.49. The van der Waals surface area contributed by atoms with E-state index in [1.807, 2.05) is 0 Å². The number of rotatable bonds is 4. The summed E-state index contributed by atoms with van der Waals surface area (Å²) in [7, 11) is 0. The lowest BCUT2D eigenvalue weighted by molar-refractivity contribution is -0.142. The molecular weight excluding hydrogens is 435 g/mol. The molecule has 1 atom stereocenters. The van der Waals surface area contributed by atoms with Gasteiger partial charge in [0.05, 0.1) is 10.2 Å². The number of carbonyl (C=O) groups is 1. The lowest BCUT2D eigenvalue weighted by Gasteiger charge is -2.54. The van der Waals surface area contributed by atoms with Gasteiger partial charge >= 0.3 is 6.18 Å². The van der Waals surface area contributed by atoms with E-state index in [4.69, 9.17) is 0 Å². The predicted molar refractivity (Wildman–Crippen MR) is 101 cm³/mol. The fourth-order valence-electron chi connectivity index (χ4n) is 6.18. The average Bonchev–Trinajstić information content (AvgIpc) is 3.38. The zero-order valence-electron chi connectivity index (χ0n) is 15.8. The minimum atomic E-state index is -4.54. The van der Waals surface area contributed by atoms with E-state index in [0.29, 0.717) is 17.5 Å². The van der Waals surface area contributed by atoms with Crippen LogP contribution in [0.4, 0.5) is 13.2 Å². The van der Waals surface area contributed by atoms with Gasteiger partial charge in [-0.05, 0) is 91.5 Å². The molecule has 1 amide bonds. The number of halogens is 4. The first-order valence-electron chi connectivity index (χ1n) is 10.4. The molecule has 0 radical (unpaired) electrons. The molecule has 5 aliphatic rings. The smallest absolute Gasteiger partial charge is 0.351 e. The second-order valence-electron chi connectivity index (χ2n) is 9.41. The Morgan fingerprint density at radius 3 is 2.21 bits per heavy atom. The van der Waals surface area contributed by atoms with E-state index >= 15 is 0 Å². The number of nitrogens with zero attached hydrogens (tertiary/aromatic N) is 2. The molecule has 1 aromatic heterocycles. The van der Waals surface area contributed by atoms with Gasteiger partial charge in [0.25, 0.3) is 0 Å². The summed E-state index contributed by atoms with van der Waals surface area (Å²) in [4.78, 5) is 13.0. The summed E-state index contributed by atoms with van der Waals surface area (Å²) >= 11 is 3.11. The molecule has 154 valence electrons. The Morgan fingerprint density at radius 2 is 1.71 bits per heavy atom. The lowest BCUT2D eigenvalue weighted by atomic mass is 9.54. The van der Waals surface area contributed by atoms with E-state index in [-0.39, 0.29) is 22.3 Å². The van der Waals surface area contributed by atoms with E-state index < -0.39 is 17.9 Å². The number of hydrogen-bond acceptors (Lipinski definition) is 2. The van der Waals surface area contributed by atoms with Crippen molar-refractivity contribution >= 4 is 21.8 Å². The van der Waals surface area contributed by atoms with Gasteiger partial charge in [0, 0.05) is 12.0 Å². The molecular formula is C20H25BrF3N3O. The van der Waals surface area contributed by atoms with Crippen molar-refractivity contribution < 1.29 is 18.0 Å². The van der Waals surface area contributed by atoms with Crippen molar-refractivity contribution in [3.05, 3.63) is 15.9 Å². The van der Waals surface area contributed by atoms with Crippen LogP contribution in [0.2, 0.25) is 0 Å². The molecule has 0 saturated heterocycles. The molecule has 5 saturated carbocycles. The largest absolute Gasteiger partial charge is 0.436 e. The van der Waals surface area contributed by atoms with Crippen molar-refractivity contribution in [2.75, 3.05) is 0 Å². The molecule has 1 heterocycles. The van der Waals surface area contributed by atoms with Crippen LogP contribution in [0.25, 0.3) is 0 Å². The van der Waals surface area contributed by atoms with Gasteiger partial charge in [-0.1, -0.05) is 0 Å². The Morgan fingerprint density at radius 1 is 1.14 bits per heavy atom. The Labute approximate surface area is 170 Å². The van der Waals surface area contributed by atoms with Crippen LogP contribution < -0.4 is 5.32 Å². The van der Waals surface area contributed by atoms with E-state index in [1.54, 1.807) is 6.92 Å². The topological polar surface area (TPSA) is 46.9 Å². The van der Waals surface area contributed by atoms with Gasteiger partial charge in [0.15, 0.2) is 5.69 Å². The van der Waals surface area contributed by atoms with Crippen LogP contribution in [0.5, 0.6) is 0 Å². The molecule has 5 aliphatic carbocycles. The molecule has 0 spiro atoms. The van der Waals surface area contributed by atoms with Crippen LogP contribution in [-0.2, 0) is 11.0 Å². The summed E-state index contributed by atoms with van der Waals surface area (Å²) in [6.45, 7) is 1.66. The quantitative estimate of drug-likeness (QED) is 0.684. The maximum absolute atomic E-state index is 13.4. The molecule has 1 unspecified atom stereocenters. The van der Waals surface area contributed by atoms with Crippen molar-refractivity contribution in [3.8, 4) is 0 Å². The third kappa shape index (κ3) is 3.10. The van der Waals surface area contributed by atoms with E-state index in [1.165, 1.54) is 36.8 Å². The first-order valence-corrected chi connectivity index (χ1v) is 11.2. The highest BCUT2D eigenvalue weighted by atomic mass is 79.9. The number of aromatic nitrogens is 2. The summed E-state index contributed by atoms with van der Waals surface area (Å²) in [5.41, 5.74) is -0.413. The maximum atomic E-state index is 13.4. The van der Waals surface area contributed by atoms with Gasteiger partial charge in [-0.2, -0.15) is 18.3 Å². The van der Waals surface area contributed by atoms with Crippen molar-refractivity contribution in [1.29, 1.82) is 0 Å². The summed E-state index contributed by atoms with van der Waals surface area (Å²) in [5.74, 6) is 2.53. The number of carbonyl (C=O) groups excluding carboxylic acids is 1. The Bertz CT molecular complexity index is 773. The fourth-order valence-corrected chi connectivity index (χ4v) is 6.99. The van der Waals surface area contributed by atoms with Gasteiger partial charge in [-0.25, -0.2) is 0 Å². The second kappa shape index (κ2) is 6.47. The standard InChI is InChI=1S/C20H25BrF3N3O/c1-9(27-17(12-2-3-12)15(21)18(26-27)20(22,23)24)19(28)25-16-13-5-10-4-11(7-13)8-14(16)6-10/h9-14,16H,2-8H2,1H3,(H,25,28). The summed E-state index contributed by atoms with van der Waals surface area (Å²) in [5, 5.41) is 7.05. The first-order chi connectivity index (χ1) is 13.2. The lowest BCUT2D eigenvalue weighted by Crippen LogP contribution is -2.56.